The number of thiophene rings is 1. The van der Waals surface area contributed by atoms with E-state index >= 15 is 0 Å². The number of pyridine rings is 1. The molecule has 3 aromatic heterocycles. The zero-order chi connectivity index (χ0) is 18.8. The molecule has 0 aliphatic heterocycles. The Balaban J connectivity index is 1.68. The summed E-state index contributed by atoms with van der Waals surface area (Å²) in [5, 5.41) is 0.668. The van der Waals surface area contributed by atoms with Gasteiger partial charge in [0.2, 0.25) is 5.91 Å². The van der Waals surface area contributed by atoms with Crippen LogP contribution in [0.4, 0.5) is 5.13 Å². The minimum Gasteiger partial charge on any atom is -0.282 e. The van der Waals surface area contributed by atoms with Crippen molar-refractivity contribution in [2.24, 2.45) is 0 Å². The second-order valence-corrected chi connectivity index (χ2v) is 9.52. The van der Waals surface area contributed by atoms with E-state index in [-0.39, 0.29) is 12.3 Å². The standard InChI is InChI=1S/C19H13BrClN3OS2/c20-12-4-6-15-16(9-12)27-19(23-15)24(11-13-3-1-2-8-22-13)18(25)10-14-5-7-17(21)26-14/h1-9H,10-11H2. The lowest BCUT2D eigenvalue weighted by molar-refractivity contribution is -0.118. The van der Waals surface area contributed by atoms with Crippen LogP contribution in [0.5, 0.6) is 0 Å². The van der Waals surface area contributed by atoms with Crippen LogP contribution in [0.1, 0.15) is 10.6 Å². The number of nitrogens with zero attached hydrogens (tertiary/aromatic N) is 3. The molecule has 0 saturated heterocycles. The summed E-state index contributed by atoms with van der Waals surface area (Å²) in [6, 6.07) is 15.3. The lowest BCUT2D eigenvalue weighted by Crippen LogP contribution is -2.31. The van der Waals surface area contributed by atoms with Crippen molar-refractivity contribution >= 4 is 71.5 Å². The van der Waals surface area contributed by atoms with Gasteiger partial charge < -0.3 is 0 Å². The average molecular weight is 479 g/mol. The third-order valence-corrected chi connectivity index (χ3v) is 6.64. The predicted molar refractivity (Wildman–Crippen MR) is 116 cm³/mol. The van der Waals surface area contributed by atoms with Crippen molar-refractivity contribution in [2.75, 3.05) is 4.90 Å². The molecule has 0 unspecified atom stereocenters. The number of fused-ring (bicyclic) bond motifs is 1. The van der Waals surface area contributed by atoms with Crippen molar-refractivity contribution in [3.05, 3.63) is 74.1 Å². The fraction of sp³-hybridized carbons (Fsp3) is 0.105. The van der Waals surface area contributed by atoms with Crippen LogP contribution in [0, 0.1) is 0 Å². The van der Waals surface area contributed by atoms with Crippen LogP contribution in [-0.4, -0.2) is 15.9 Å². The minimum absolute atomic E-state index is 0.0303. The van der Waals surface area contributed by atoms with Crippen LogP contribution in [0.2, 0.25) is 4.34 Å². The number of carbonyl (C=O) groups excluding carboxylic acids is 1. The van der Waals surface area contributed by atoms with E-state index in [0.29, 0.717) is 16.0 Å². The number of hydrogen-bond acceptors (Lipinski definition) is 5. The number of carbonyl (C=O) groups is 1. The first-order chi connectivity index (χ1) is 13.1. The molecule has 0 N–H and O–H groups in total. The smallest absolute Gasteiger partial charge is 0.234 e. The van der Waals surface area contributed by atoms with Gasteiger partial charge in [0.25, 0.3) is 0 Å². The lowest BCUT2D eigenvalue weighted by atomic mass is 10.3. The number of hydrogen-bond donors (Lipinski definition) is 0. The van der Waals surface area contributed by atoms with E-state index in [2.05, 4.69) is 25.9 Å². The first kappa shape index (κ1) is 18.6. The molecule has 0 saturated carbocycles. The van der Waals surface area contributed by atoms with Gasteiger partial charge in [0, 0.05) is 15.5 Å². The molecule has 0 spiro atoms. The van der Waals surface area contributed by atoms with E-state index in [4.69, 9.17) is 11.6 Å². The monoisotopic (exact) mass is 477 g/mol. The van der Waals surface area contributed by atoms with Gasteiger partial charge in [-0.2, -0.15) is 0 Å². The third-order valence-electron chi connectivity index (χ3n) is 3.87. The quantitative estimate of drug-likeness (QED) is 0.356. The predicted octanol–water partition coefficient (Wildman–Crippen LogP) is 5.94. The summed E-state index contributed by atoms with van der Waals surface area (Å²) >= 11 is 12.4. The first-order valence-electron chi connectivity index (χ1n) is 8.09. The molecule has 0 radical (unpaired) electrons. The number of rotatable bonds is 5. The zero-order valence-corrected chi connectivity index (χ0v) is 17.9. The molecule has 0 aliphatic carbocycles. The fourth-order valence-corrected chi connectivity index (χ4v) is 5.22. The van der Waals surface area contributed by atoms with E-state index in [9.17, 15) is 4.79 Å². The van der Waals surface area contributed by atoms with Gasteiger partial charge in [-0.15, -0.1) is 11.3 Å². The molecule has 4 aromatic rings. The lowest BCUT2D eigenvalue weighted by Gasteiger charge is -2.19. The number of thiazole rings is 1. The first-order valence-corrected chi connectivity index (χ1v) is 10.9. The largest absolute Gasteiger partial charge is 0.282 e. The topological polar surface area (TPSA) is 46.1 Å². The third kappa shape index (κ3) is 4.38. The Labute approximate surface area is 177 Å². The van der Waals surface area contributed by atoms with Crippen molar-refractivity contribution in [2.45, 2.75) is 13.0 Å². The molecule has 1 aromatic carbocycles. The number of benzene rings is 1. The van der Waals surface area contributed by atoms with Crippen molar-refractivity contribution in [3.63, 3.8) is 0 Å². The Morgan fingerprint density at radius 2 is 2.04 bits per heavy atom. The number of aromatic nitrogens is 2. The number of anilines is 1. The van der Waals surface area contributed by atoms with Gasteiger partial charge in [0.05, 0.1) is 33.2 Å². The maximum atomic E-state index is 13.1. The normalized spacial score (nSPS) is 11.0. The van der Waals surface area contributed by atoms with E-state index in [1.54, 1.807) is 11.1 Å². The fourth-order valence-electron chi connectivity index (χ4n) is 2.61. The molecule has 0 atom stereocenters. The molecular weight excluding hydrogens is 466 g/mol. The maximum absolute atomic E-state index is 13.1. The Bertz CT molecular complexity index is 1100. The summed E-state index contributed by atoms with van der Waals surface area (Å²) in [6.45, 7) is 0.375. The summed E-state index contributed by atoms with van der Waals surface area (Å²) in [5.74, 6) is -0.0303. The molecule has 4 nitrogen and oxygen atoms in total. The zero-order valence-electron chi connectivity index (χ0n) is 13.9. The van der Waals surface area contributed by atoms with Gasteiger partial charge in [0.1, 0.15) is 0 Å². The molecule has 0 fully saturated rings. The molecule has 136 valence electrons. The van der Waals surface area contributed by atoms with E-state index in [1.165, 1.54) is 22.7 Å². The van der Waals surface area contributed by atoms with Crippen LogP contribution < -0.4 is 4.90 Å². The number of amides is 1. The second kappa shape index (κ2) is 8.06. The number of halogens is 2. The summed E-state index contributed by atoms with van der Waals surface area (Å²) in [4.78, 5) is 24.8. The summed E-state index contributed by atoms with van der Waals surface area (Å²) in [5.41, 5.74) is 1.69. The maximum Gasteiger partial charge on any atom is 0.234 e. The Morgan fingerprint density at radius 3 is 2.78 bits per heavy atom. The molecule has 0 bridgehead atoms. The molecule has 4 rings (SSSR count). The highest BCUT2D eigenvalue weighted by Gasteiger charge is 2.21. The van der Waals surface area contributed by atoms with E-state index < -0.39 is 0 Å². The van der Waals surface area contributed by atoms with Gasteiger partial charge in [-0.05, 0) is 42.5 Å². The summed E-state index contributed by atoms with van der Waals surface area (Å²) < 4.78 is 2.69. The van der Waals surface area contributed by atoms with Crippen LogP contribution >= 0.6 is 50.2 Å². The Morgan fingerprint density at radius 1 is 1.15 bits per heavy atom. The summed E-state index contributed by atoms with van der Waals surface area (Å²) in [6.07, 6.45) is 2.01. The Hall–Kier alpha value is -1.80. The van der Waals surface area contributed by atoms with E-state index in [1.807, 2.05) is 48.5 Å². The van der Waals surface area contributed by atoms with Crippen molar-refractivity contribution in [1.29, 1.82) is 0 Å². The molecule has 3 heterocycles. The SMILES string of the molecule is O=C(Cc1ccc(Cl)s1)N(Cc1ccccn1)c1nc2ccc(Br)cc2s1. The Kier molecular flexibility index (Phi) is 5.54. The minimum atomic E-state index is -0.0303. The second-order valence-electron chi connectivity index (χ2n) is 5.79. The van der Waals surface area contributed by atoms with Crippen LogP contribution in [-0.2, 0) is 17.8 Å². The average Bonchev–Trinajstić information content (AvgIpc) is 3.25. The molecule has 27 heavy (non-hydrogen) atoms. The van der Waals surface area contributed by atoms with Crippen LogP contribution in [0.3, 0.4) is 0 Å². The molecule has 0 aliphatic rings. The van der Waals surface area contributed by atoms with E-state index in [0.717, 1.165) is 25.3 Å². The van der Waals surface area contributed by atoms with Crippen LogP contribution in [0.25, 0.3) is 10.2 Å². The van der Waals surface area contributed by atoms with Gasteiger partial charge in [-0.1, -0.05) is 44.9 Å². The van der Waals surface area contributed by atoms with Gasteiger partial charge in [-0.25, -0.2) is 4.98 Å². The highest BCUT2D eigenvalue weighted by atomic mass is 79.9. The van der Waals surface area contributed by atoms with Crippen molar-refractivity contribution in [1.82, 2.24) is 9.97 Å². The summed E-state index contributed by atoms with van der Waals surface area (Å²) in [7, 11) is 0. The highest BCUT2D eigenvalue weighted by molar-refractivity contribution is 9.10. The molecular formula is C19H13BrClN3OS2. The van der Waals surface area contributed by atoms with Crippen molar-refractivity contribution in [3.8, 4) is 0 Å². The molecule has 8 heteroatoms. The van der Waals surface area contributed by atoms with Crippen molar-refractivity contribution < 1.29 is 4.79 Å². The van der Waals surface area contributed by atoms with Gasteiger partial charge in [-0.3, -0.25) is 14.7 Å². The highest BCUT2D eigenvalue weighted by Crippen LogP contribution is 2.32. The van der Waals surface area contributed by atoms with Gasteiger partial charge in [0.15, 0.2) is 5.13 Å². The van der Waals surface area contributed by atoms with Gasteiger partial charge >= 0.3 is 0 Å². The molecule has 1 amide bonds. The van der Waals surface area contributed by atoms with Crippen LogP contribution in [0.15, 0.2) is 59.2 Å².